The third-order valence-electron chi connectivity index (χ3n) is 3.88. The summed E-state index contributed by atoms with van der Waals surface area (Å²) in [6.45, 7) is -0.197. The standard InChI is InChI=1S/C20H21NO3S/c22-18(21-17-11-12-17)13-24-19(23)14-25-20(15-7-3-1-4-8-15)16-9-5-2-6-10-16/h1-10,17,20H,11-14H2,(H,21,22). The van der Waals surface area contributed by atoms with Gasteiger partial charge in [-0.05, 0) is 24.0 Å². The van der Waals surface area contributed by atoms with Crippen LogP contribution < -0.4 is 5.32 Å². The minimum Gasteiger partial charge on any atom is -0.455 e. The van der Waals surface area contributed by atoms with Crippen LogP contribution in [0.1, 0.15) is 29.2 Å². The zero-order valence-corrected chi connectivity index (χ0v) is 14.7. The maximum Gasteiger partial charge on any atom is 0.316 e. The van der Waals surface area contributed by atoms with E-state index in [1.165, 1.54) is 11.8 Å². The van der Waals surface area contributed by atoms with Crippen molar-refractivity contribution in [2.45, 2.75) is 24.1 Å². The fraction of sp³-hybridized carbons (Fsp3) is 0.300. The first kappa shape index (κ1) is 17.5. The number of hydrogen-bond acceptors (Lipinski definition) is 4. The molecule has 1 saturated carbocycles. The molecule has 3 rings (SSSR count). The van der Waals surface area contributed by atoms with E-state index in [0.29, 0.717) is 0 Å². The summed E-state index contributed by atoms with van der Waals surface area (Å²) in [5, 5.41) is 2.85. The highest BCUT2D eigenvalue weighted by molar-refractivity contribution is 8.00. The van der Waals surface area contributed by atoms with Gasteiger partial charge < -0.3 is 10.1 Å². The smallest absolute Gasteiger partial charge is 0.316 e. The van der Waals surface area contributed by atoms with Gasteiger partial charge in [0.05, 0.1) is 11.0 Å². The highest BCUT2D eigenvalue weighted by Crippen LogP contribution is 2.35. The molecule has 0 heterocycles. The summed E-state index contributed by atoms with van der Waals surface area (Å²) >= 11 is 1.51. The van der Waals surface area contributed by atoms with E-state index in [1.54, 1.807) is 0 Å². The molecule has 25 heavy (non-hydrogen) atoms. The molecule has 130 valence electrons. The lowest BCUT2D eigenvalue weighted by atomic mass is 10.0. The molecule has 1 fully saturated rings. The average Bonchev–Trinajstić information content (AvgIpc) is 3.46. The summed E-state index contributed by atoms with van der Waals surface area (Å²) in [7, 11) is 0. The highest BCUT2D eigenvalue weighted by Gasteiger charge is 2.23. The van der Waals surface area contributed by atoms with Crippen molar-refractivity contribution in [2.24, 2.45) is 0 Å². The zero-order chi connectivity index (χ0) is 17.5. The largest absolute Gasteiger partial charge is 0.455 e. The molecule has 0 radical (unpaired) electrons. The molecule has 2 aromatic carbocycles. The topological polar surface area (TPSA) is 55.4 Å². The van der Waals surface area contributed by atoms with Crippen LogP contribution in [-0.2, 0) is 14.3 Å². The van der Waals surface area contributed by atoms with Gasteiger partial charge in [0.15, 0.2) is 6.61 Å². The van der Waals surface area contributed by atoms with Crippen LogP contribution in [0.25, 0.3) is 0 Å². The first-order valence-corrected chi connectivity index (χ1v) is 9.44. The van der Waals surface area contributed by atoms with Crippen molar-refractivity contribution in [3.05, 3.63) is 71.8 Å². The second-order valence-electron chi connectivity index (χ2n) is 6.01. The lowest BCUT2D eigenvalue weighted by Crippen LogP contribution is -2.30. The van der Waals surface area contributed by atoms with Gasteiger partial charge in [-0.25, -0.2) is 0 Å². The van der Waals surface area contributed by atoms with Crippen molar-refractivity contribution in [2.75, 3.05) is 12.4 Å². The third-order valence-corrected chi connectivity index (χ3v) is 5.16. The molecular weight excluding hydrogens is 334 g/mol. The lowest BCUT2D eigenvalue weighted by Gasteiger charge is -2.17. The second-order valence-corrected chi connectivity index (χ2v) is 7.11. The number of thioether (sulfide) groups is 1. The van der Waals surface area contributed by atoms with Gasteiger partial charge in [0, 0.05) is 6.04 Å². The number of carbonyl (C=O) groups excluding carboxylic acids is 2. The van der Waals surface area contributed by atoms with Crippen LogP contribution in [0.2, 0.25) is 0 Å². The summed E-state index contributed by atoms with van der Waals surface area (Å²) < 4.78 is 5.08. The molecule has 1 aliphatic carbocycles. The molecule has 0 saturated heterocycles. The Morgan fingerprint density at radius 3 is 2.08 bits per heavy atom. The van der Waals surface area contributed by atoms with Gasteiger partial charge >= 0.3 is 5.97 Å². The number of carbonyl (C=O) groups is 2. The van der Waals surface area contributed by atoms with Crippen molar-refractivity contribution in [3.63, 3.8) is 0 Å². The molecular formula is C20H21NO3S. The van der Waals surface area contributed by atoms with Crippen LogP contribution in [0, 0.1) is 0 Å². The summed E-state index contributed by atoms with van der Waals surface area (Å²) in [5.74, 6) is -0.387. The quantitative estimate of drug-likeness (QED) is 0.738. The molecule has 0 aromatic heterocycles. The Labute approximate surface area is 152 Å². The van der Waals surface area contributed by atoms with E-state index < -0.39 is 0 Å². The molecule has 0 atom stereocenters. The summed E-state index contributed by atoms with van der Waals surface area (Å²) in [6.07, 6.45) is 2.04. The second kappa shape index (κ2) is 8.72. The van der Waals surface area contributed by atoms with Crippen molar-refractivity contribution in [1.29, 1.82) is 0 Å². The molecule has 0 unspecified atom stereocenters. The van der Waals surface area contributed by atoms with E-state index in [-0.39, 0.29) is 35.5 Å². The maximum atomic E-state index is 12.0. The van der Waals surface area contributed by atoms with E-state index in [1.807, 2.05) is 36.4 Å². The van der Waals surface area contributed by atoms with Crippen LogP contribution in [0.5, 0.6) is 0 Å². The maximum absolute atomic E-state index is 12.0. The minimum absolute atomic E-state index is 0.0511. The van der Waals surface area contributed by atoms with Gasteiger partial charge in [0.25, 0.3) is 5.91 Å². The van der Waals surface area contributed by atoms with Crippen LogP contribution >= 0.6 is 11.8 Å². The molecule has 4 nitrogen and oxygen atoms in total. The lowest BCUT2D eigenvalue weighted by molar-refractivity contribution is -0.145. The Hall–Kier alpha value is -2.27. The summed E-state index contributed by atoms with van der Waals surface area (Å²) in [6, 6.07) is 20.4. The first-order valence-electron chi connectivity index (χ1n) is 8.39. The van der Waals surface area contributed by atoms with Crippen molar-refractivity contribution < 1.29 is 14.3 Å². The molecule has 1 aliphatic rings. The predicted molar refractivity (Wildman–Crippen MR) is 99.3 cm³/mol. The Bertz CT molecular complexity index is 662. The van der Waals surface area contributed by atoms with Crippen LogP contribution in [0.3, 0.4) is 0 Å². The molecule has 1 N–H and O–H groups in total. The van der Waals surface area contributed by atoms with Gasteiger partial charge in [-0.3, -0.25) is 9.59 Å². The van der Waals surface area contributed by atoms with E-state index >= 15 is 0 Å². The number of ether oxygens (including phenoxy) is 1. The number of hydrogen-bond donors (Lipinski definition) is 1. The molecule has 0 bridgehead atoms. The van der Waals surface area contributed by atoms with Crippen LogP contribution in [0.15, 0.2) is 60.7 Å². The monoisotopic (exact) mass is 355 g/mol. The van der Waals surface area contributed by atoms with Gasteiger partial charge in [0.1, 0.15) is 0 Å². The molecule has 5 heteroatoms. The van der Waals surface area contributed by atoms with E-state index in [4.69, 9.17) is 4.74 Å². The SMILES string of the molecule is O=C(COC(=O)CSC(c1ccccc1)c1ccccc1)NC1CC1. The van der Waals surface area contributed by atoms with E-state index in [9.17, 15) is 9.59 Å². The zero-order valence-electron chi connectivity index (χ0n) is 13.9. The fourth-order valence-electron chi connectivity index (χ4n) is 2.48. The Balaban J connectivity index is 1.55. The number of benzene rings is 2. The number of nitrogens with one attached hydrogen (secondary N) is 1. The Kier molecular flexibility index (Phi) is 6.12. The third kappa shape index (κ3) is 5.64. The first-order chi connectivity index (χ1) is 12.2. The Morgan fingerprint density at radius 2 is 1.56 bits per heavy atom. The highest BCUT2D eigenvalue weighted by atomic mass is 32.2. The Morgan fingerprint density at radius 1 is 1.00 bits per heavy atom. The van der Waals surface area contributed by atoms with Gasteiger partial charge in [-0.15, -0.1) is 11.8 Å². The molecule has 1 amide bonds. The van der Waals surface area contributed by atoms with E-state index in [2.05, 4.69) is 29.6 Å². The summed E-state index contributed by atoms with van der Waals surface area (Å²) in [5.41, 5.74) is 2.27. The molecule has 0 spiro atoms. The average molecular weight is 355 g/mol. The molecule has 2 aromatic rings. The summed E-state index contributed by atoms with van der Waals surface area (Å²) in [4.78, 5) is 23.6. The van der Waals surface area contributed by atoms with Crippen LogP contribution in [-0.4, -0.2) is 30.3 Å². The van der Waals surface area contributed by atoms with Gasteiger partial charge in [0.2, 0.25) is 0 Å². The minimum atomic E-state index is -0.368. The molecule has 0 aliphatic heterocycles. The number of esters is 1. The van der Waals surface area contributed by atoms with Gasteiger partial charge in [-0.2, -0.15) is 0 Å². The van der Waals surface area contributed by atoms with Crippen LogP contribution in [0.4, 0.5) is 0 Å². The number of rotatable bonds is 8. The predicted octanol–water partition coefficient (Wildman–Crippen LogP) is 3.33. The normalized spacial score (nSPS) is 13.5. The fourth-order valence-corrected chi connectivity index (χ4v) is 3.56. The van der Waals surface area contributed by atoms with Crippen molar-refractivity contribution in [1.82, 2.24) is 5.32 Å². The van der Waals surface area contributed by atoms with E-state index in [0.717, 1.165) is 24.0 Å². The van der Waals surface area contributed by atoms with Crippen molar-refractivity contribution in [3.8, 4) is 0 Å². The van der Waals surface area contributed by atoms with Crippen molar-refractivity contribution >= 4 is 23.6 Å². The number of amides is 1. The van der Waals surface area contributed by atoms with Gasteiger partial charge in [-0.1, -0.05) is 60.7 Å².